The van der Waals surface area contributed by atoms with E-state index in [1.54, 1.807) is 12.3 Å². The van der Waals surface area contributed by atoms with E-state index in [1.807, 2.05) is 37.3 Å². The summed E-state index contributed by atoms with van der Waals surface area (Å²) in [5.41, 5.74) is 5.59. The Morgan fingerprint density at radius 3 is 2.53 bits per heavy atom. The number of carbonyl (C=O) groups excluding carboxylic acids is 1. The van der Waals surface area contributed by atoms with Crippen LogP contribution < -0.4 is 20.9 Å². The molecule has 184 valence electrons. The van der Waals surface area contributed by atoms with Crippen molar-refractivity contribution < 1.29 is 9.21 Å². The number of hydrogen-bond donors (Lipinski definition) is 3. The van der Waals surface area contributed by atoms with E-state index < -0.39 is 0 Å². The molecule has 5 rings (SSSR count). The summed E-state index contributed by atoms with van der Waals surface area (Å²) in [5, 5.41) is 9.44. The van der Waals surface area contributed by atoms with Crippen molar-refractivity contribution in [1.29, 1.82) is 0 Å². The predicted octanol–water partition coefficient (Wildman–Crippen LogP) is 4.89. The van der Waals surface area contributed by atoms with Crippen LogP contribution in [0.25, 0.3) is 11.1 Å². The van der Waals surface area contributed by atoms with Crippen LogP contribution in [0.4, 0.5) is 34.5 Å². The second-order valence-corrected chi connectivity index (χ2v) is 8.86. The van der Waals surface area contributed by atoms with Gasteiger partial charge >= 0.3 is 0 Å². The zero-order chi connectivity index (χ0) is 25.1. The van der Waals surface area contributed by atoms with E-state index in [2.05, 4.69) is 61.5 Å². The number of likely N-dealkylation sites (N-methyl/N-ethyl adjacent to an activating group) is 1. The molecule has 1 saturated heterocycles. The number of nitrogens with zero attached hydrogens (tertiary/aromatic N) is 4. The normalized spacial score (nSPS) is 14.0. The number of furan rings is 1. The topological polar surface area (TPSA) is 98.6 Å². The molecule has 36 heavy (non-hydrogen) atoms. The second kappa shape index (κ2) is 10.1. The average Bonchev–Trinajstić information content (AvgIpc) is 3.36. The van der Waals surface area contributed by atoms with Gasteiger partial charge < -0.3 is 30.2 Å². The summed E-state index contributed by atoms with van der Waals surface area (Å²) in [6.45, 7) is 9.67. The standard InChI is InChI=1S/C27H29N7O2/c1-4-24(35)29-21-10-5-18(2)17-23(21)30-26-25-22(11-16-36-25)31-27(32-26)28-19-6-8-20(9-7-19)34-14-12-33(3)13-15-34/h4-11,16-17H,1,12-15H2,2-3H3,(H,29,35)(H2,28,30,31,32). The van der Waals surface area contributed by atoms with Crippen LogP contribution in [0.1, 0.15) is 5.56 Å². The van der Waals surface area contributed by atoms with Gasteiger partial charge in [0.1, 0.15) is 5.52 Å². The van der Waals surface area contributed by atoms with E-state index >= 15 is 0 Å². The van der Waals surface area contributed by atoms with E-state index in [4.69, 9.17) is 4.42 Å². The third-order valence-electron chi connectivity index (χ3n) is 6.17. The molecule has 0 radical (unpaired) electrons. The minimum absolute atomic E-state index is 0.296. The van der Waals surface area contributed by atoms with Crippen LogP contribution in [0.3, 0.4) is 0 Å². The Hall–Kier alpha value is -4.37. The highest BCUT2D eigenvalue weighted by molar-refractivity contribution is 6.02. The molecule has 0 saturated carbocycles. The number of hydrogen-bond acceptors (Lipinski definition) is 8. The molecule has 1 aliphatic heterocycles. The van der Waals surface area contributed by atoms with Gasteiger partial charge in [-0.05, 0) is 62.0 Å². The summed E-state index contributed by atoms with van der Waals surface area (Å²) >= 11 is 0. The van der Waals surface area contributed by atoms with Gasteiger partial charge in [-0.1, -0.05) is 12.6 Å². The molecule has 9 heteroatoms. The lowest BCUT2D eigenvalue weighted by Crippen LogP contribution is -2.44. The van der Waals surface area contributed by atoms with Crippen LogP contribution in [0.2, 0.25) is 0 Å². The van der Waals surface area contributed by atoms with Crippen LogP contribution in [0.15, 0.2) is 71.9 Å². The molecule has 1 fully saturated rings. The van der Waals surface area contributed by atoms with Crippen molar-refractivity contribution >= 4 is 51.5 Å². The second-order valence-electron chi connectivity index (χ2n) is 8.86. The van der Waals surface area contributed by atoms with Crippen LogP contribution >= 0.6 is 0 Å². The highest BCUT2D eigenvalue weighted by Gasteiger charge is 2.16. The molecule has 0 unspecified atom stereocenters. The SMILES string of the molecule is C=CC(=O)Nc1ccc(C)cc1Nc1nc(Nc2ccc(N3CCN(C)CC3)cc2)nc2ccoc12. The zero-order valence-electron chi connectivity index (χ0n) is 20.4. The number of benzene rings is 2. The maximum atomic E-state index is 11.9. The van der Waals surface area contributed by atoms with Crippen molar-refractivity contribution in [2.45, 2.75) is 6.92 Å². The molecule has 0 bridgehead atoms. The lowest BCUT2D eigenvalue weighted by Gasteiger charge is -2.34. The van der Waals surface area contributed by atoms with Crippen LogP contribution in [0.5, 0.6) is 0 Å². The van der Waals surface area contributed by atoms with Crippen LogP contribution in [0, 0.1) is 6.92 Å². The summed E-state index contributed by atoms with van der Waals surface area (Å²) in [5.74, 6) is 0.624. The fourth-order valence-corrected chi connectivity index (χ4v) is 4.14. The maximum absolute atomic E-state index is 11.9. The first-order valence-electron chi connectivity index (χ1n) is 11.9. The number of nitrogens with one attached hydrogen (secondary N) is 3. The van der Waals surface area contributed by atoms with Crippen molar-refractivity contribution in [2.24, 2.45) is 0 Å². The lowest BCUT2D eigenvalue weighted by molar-refractivity contribution is -0.111. The maximum Gasteiger partial charge on any atom is 0.247 e. The number of carbonyl (C=O) groups is 1. The Bertz CT molecular complexity index is 1390. The van der Waals surface area contributed by atoms with Gasteiger partial charge in [-0.15, -0.1) is 0 Å². The molecule has 1 amide bonds. The van der Waals surface area contributed by atoms with Gasteiger partial charge in [0.15, 0.2) is 11.4 Å². The molecule has 3 heterocycles. The van der Waals surface area contributed by atoms with Crippen LogP contribution in [-0.2, 0) is 4.79 Å². The third-order valence-corrected chi connectivity index (χ3v) is 6.17. The van der Waals surface area contributed by atoms with Gasteiger partial charge in [0.05, 0.1) is 17.6 Å². The van der Waals surface area contributed by atoms with E-state index in [9.17, 15) is 4.79 Å². The van der Waals surface area contributed by atoms with Gasteiger partial charge in [0.25, 0.3) is 0 Å². The van der Waals surface area contributed by atoms with E-state index in [1.165, 1.54) is 11.8 Å². The highest BCUT2D eigenvalue weighted by Crippen LogP contribution is 2.31. The van der Waals surface area contributed by atoms with Gasteiger partial charge in [-0.3, -0.25) is 4.79 Å². The Morgan fingerprint density at radius 2 is 1.78 bits per heavy atom. The lowest BCUT2D eigenvalue weighted by atomic mass is 10.2. The van der Waals surface area contributed by atoms with E-state index in [0.717, 1.165) is 37.4 Å². The van der Waals surface area contributed by atoms with E-state index in [-0.39, 0.29) is 5.91 Å². The summed E-state index contributed by atoms with van der Waals surface area (Å²) in [7, 11) is 2.15. The molecular weight excluding hydrogens is 454 g/mol. The van der Waals surface area contributed by atoms with Gasteiger partial charge in [-0.25, -0.2) is 4.98 Å². The van der Waals surface area contributed by atoms with Gasteiger partial charge in [-0.2, -0.15) is 4.98 Å². The molecule has 3 N–H and O–H groups in total. The molecule has 2 aromatic heterocycles. The number of amides is 1. The summed E-state index contributed by atoms with van der Waals surface area (Å²) in [6.07, 6.45) is 2.81. The predicted molar refractivity (Wildman–Crippen MR) is 145 cm³/mol. The molecule has 2 aromatic carbocycles. The Labute approximate surface area is 209 Å². The molecule has 0 spiro atoms. The number of aromatic nitrogens is 2. The summed E-state index contributed by atoms with van der Waals surface area (Å²) in [4.78, 5) is 25.9. The fourth-order valence-electron chi connectivity index (χ4n) is 4.14. The van der Waals surface area contributed by atoms with Crippen LogP contribution in [-0.4, -0.2) is 54.0 Å². The average molecular weight is 484 g/mol. The number of piperazine rings is 1. The van der Waals surface area contributed by atoms with Crippen molar-refractivity contribution in [3.8, 4) is 0 Å². The largest absolute Gasteiger partial charge is 0.459 e. The minimum Gasteiger partial charge on any atom is -0.459 e. The van der Waals surface area contributed by atoms with Gasteiger partial charge in [0, 0.05) is 43.6 Å². The Balaban J connectivity index is 1.39. The molecule has 0 atom stereocenters. The van der Waals surface area contributed by atoms with Crippen molar-refractivity contribution in [3.63, 3.8) is 0 Å². The van der Waals surface area contributed by atoms with Crippen molar-refractivity contribution in [3.05, 3.63) is 73.0 Å². The molecule has 1 aliphatic rings. The third kappa shape index (κ3) is 5.16. The van der Waals surface area contributed by atoms with Crippen molar-refractivity contribution in [2.75, 3.05) is 54.1 Å². The van der Waals surface area contributed by atoms with E-state index in [0.29, 0.717) is 34.2 Å². The first kappa shape index (κ1) is 23.4. The first-order chi connectivity index (χ1) is 17.5. The number of anilines is 6. The molecule has 0 aliphatic carbocycles. The fraction of sp³-hybridized carbons (Fsp3) is 0.222. The zero-order valence-corrected chi connectivity index (χ0v) is 20.4. The molecule has 4 aromatic rings. The monoisotopic (exact) mass is 483 g/mol. The minimum atomic E-state index is -0.296. The number of rotatable bonds is 7. The quantitative estimate of drug-likeness (QED) is 0.320. The smallest absolute Gasteiger partial charge is 0.247 e. The summed E-state index contributed by atoms with van der Waals surface area (Å²) in [6, 6.07) is 15.8. The number of fused-ring (bicyclic) bond motifs is 1. The highest BCUT2D eigenvalue weighted by atomic mass is 16.3. The molecular formula is C27H29N7O2. The Morgan fingerprint density at radius 1 is 1.00 bits per heavy atom. The first-order valence-corrected chi connectivity index (χ1v) is 11.9. The molecule has 9 nitrogen and oxygen atoms in total. The number of aryl methyl sites for hydroxylation is 1. The summed E-state index contributed by atoms with van der Waals surface area (Å²) < 4.78 is 5.66. The Kier molecular flexibility index (Phi) is 6.55. The van der Waals surface area contributed by atoms with Crippen molar-refractivity contribution in [1.82, 2.24) is 14.9 Å². The van der Waals surface area contributed by atoms with Gasteiger partial charge in [0.2, 0.25) is 11.9 Å².